The van der Waals surface area contributed by atoms with Crippen molar-refractivity contribution in [2.75, 3.05) is 0 Å². The van der Waals surface area contributed by atoms with Gasteiger partial charge < -0.3 is 15.0 Å². The monoisotopic (exact) mass is 1110 g/mol. The molecule has 72 heavy (non-hydrogen) atoms. The van der Waals surface area contributed by atoms with E-state index >= 15 is 0 Å². The number of rotatable bonds is 8. The van der Waals surface area contributed by atoms with Gasteiger partial charge in [0, 0.05) is 18.6 Å². The van der Waals surface area contributed by atoms with Crippen molar-refractivity contribution >= 4 is 0 Å². The SMILES string of the molecule is Cc1ccc(-c2[c-]cc(C)c(-c3ccc(-c4ccccc4)cc3)c2)nc1.Cc1ccc(-c2cc(-c3[c-]cccc3)ncc2C)c(C)c1.[Ir+3].[c-]1cc(-c2ccc(-c3ccccc3)cc2)ccc1-c1ccccn1. The van der Waals surface area contributed by atoms with E-state index in [9.17, 15) is 0 Å². The number of hydrogen-bond acceptors (Lipinski definition) is 3. The first-order chi connectivity index (χ1) is 34.8. The maximum Gasteiger partial charge on any atom is 3.00 e. The Hall–Kier alpha value is -8.14. The molecule has 0 aliphatic carbocycles. The van der Waals surface area contributed by atoms with Gasteiger partial charge in [0.05, 0.1) is 0 Å². The molecule has 0 saturated heterocycles. The Morgan fingerprint density at radius 3 is 1.44 bits per heavy atom. The summed E-state index contributed by atoms with van der Waals surface area (Å²) < 4.78 is 0. The van der Waals surface area contributed by atoms with Crippen LogP contribution in [0, 0.1) is 52.8 Å². The van der Waals surface area contributed by atoms with Crippen LogP contribution in [0.2, 0.25) is 0 Å². The number of aromatic nitrogens is 3. The van der Waals surface area contributed by atoms with Crippen LogP contribution in [-0.4, -0.2) is 15.0 Å². The average Bonchev–Trinajstić information content (AvgIpc) is 3.43. The molecule has 0 fully saturated rings. The molecular formula is C68H54IrN3. The van der Waals surface area contributed by atoms with Gasteiger partial charge in [-0.05, 0) is 106 Å². The summed E-state index contributed by atoms with van der Waals surface area (Å²) in [7, 11) is 0. The van der Waals surface area contributed by atoms with Crippen molar-refractivity contribution in [1.29, 1.82) is 0 Å². The van der Waals surface area contributed by atoms with Gasteiger partial charge in [0.1, 0.15) is 0 Å². The van der Waals surface area contributed by atoms with E-state index in [1.807, 2.05) is 73.1 Å². The molecule has 350 valence electrons. The van der Waals surface area contributed by atoms with Gasteiger partial charge in [-0.1, -0.05) is 187 Å². The molecule has 0 N–H and O–H groups in total. The molecule has 0 aliphatic rings. The molecule has 8 aromatic carbocycles. The quantitative estimate of drug-likeness (QED) is 0.142. The molecule has 0 atom stereocenters. The molecule has 0 aliphatic heterocycles. The zero-order chi connectivity index (χ0) is 48.9. The first-order valence-electron chi connectivity index (χ1n) is 24.0. The summed E-state index contributed by atoms with van der Waals surface area (Å²) in [6.45, 7) is 10.6. The summed E-state index contributed by atoms with van der Waals surface area (Å²) in [6, 6.07) is 85.5. The number of aryl methyl sites for hydroxylation is 5. The maximum atomic E-state index is 4.55. The third-order valence-electron chi connectivity index (χ3n) is 12.5. The Balaban J connectivity index is 0.000000144. The first-order valence-corrected chi connectivity index (χ1v) is 24.0. The Bertz CT molecular complexity index is 3370. The van der Waals surface area contributed by atoms with E-state index in [1.54, 1.807) is 6.20 Å². The third kappa shape index (κ3) is 12.6. The van der Waals surface area contributed by atoms with Crippen LogP contribution in [0.3, 0.4) is 0 Å². The van der Waals surface area contributed by atoms with Gasteiger partial charge in [0.15, 0.2) is 0 Å². The minimum atomic E-state index is 0. The molecule has 3 nitrogen and oxygen atoms in total. The van der Waals surface area contributed by atoms with Gasteiger partial charge in [0.2, 0.25) is 0 Å². The number of hydrogen-bond donors (Lipinski definition) is 0. The van der Waals surface area contributed by atoms with Gasteiger partial charge in [-0.3, -0.25) is 0 Å². The molecule has 0 amide bonds. The smallest absolute Gasteiger partial charge is 0.305 e. The zero-order valence-corrected chi connectivity index (χ0v) is 43.6. The largest absolute Gasteiger partial charge is 3.00 e. The number of nitrogens with zero attached hydrogens (tertiary/aromatic N) is 3. The zero-order valence-electron chi connectivity index (χ0n) is 41.2. The van der Waals surface area contributed by atoms with Crippen molar-refractivity contribution in [2.45, 2.75) is 34.6 Å². The predicted molar refractivity (Wildman–Crippen MR) is 296 cm³/mol. The molecule has 0 bridgehead atoms. The fourth-order valence-electron chi connectivity index (χ4n) is 8.52. The summed E-state index contributed by atoms with van der Waals surface area (Å²) in [6.07, 6.45) is 5.65. The van der Waals surface area contributed by atoms with Crippen LogP contribution < -0.4 is 0 Å². The van der Waals surface area contributed by atoms with Crippen molar-refractivity contribution in [3.05, 3.63) is 283 Å². The van der Waals surface area contributed by atoms with Crippen LogP contribution in [0.15, 0.2) is 237 Å². The molecule has 0 saturated carbocycles. The topological polar surface area (TPSA) is 38.7 Å². The second-order valence-electron chi connectivity index (χ2n) is 17.7. The normalized spacial score (nSPS) is 10.5. The number of benzene rings is 8. The van der Waals surface area contributed by atoms with E-state index < -0.39 is 0 Å². The average molecular weight is 1110 g/mol. The molecule has 0 radical (unpaired) electrons. The molecule has 0 unspecified atom stereocenters. The van der Waals surface area contributed by atoms with Crippen LogP contribution >= 0.6 is 0 Å². The molecule has 11 aromatic rings. The molecule has 4 heteroatoms. The molecule has 0 spiro atoms. The maximum absolute atomic E-state index is 4.55. The second kappa shape index (κ2) is 24.1. The van der Waals surface area contributed by atoms with Crippen LogP contribution in [0.25, 0.3) is 89.4 Å². The fourth-order valence-corrected chi connectivity index (χ4v) is 8.52. The van der Waals surface area contributed by atoms with Crippen LogP contribution in [-0.2, 0) is 20.1 Å². The van der Waals surface area contributed by atoms with E-state index in [1.165, 1.54) is 72.3 Å². The van der Waals surface area contributed by atoms with Gasteiger partial charge >= 0.3 is 20.1 Å². The minimum Gasteiger partial charge on any atom is -0.305 e. The third-order valence-corrected chi connectivity index (χ3v) is 12.5. The van der Waals surface area contributed by atoms with Crippen molar-refractivity contribution < 1.29 is 20.1 Å². The summed E-state index contributed by atoms with van der Waals surface area (Å²) in [4.78, 5) is 13.5. The standard InChI is InChI=1S/C25H20N.C23H16N.C20H18N.Ir/c1-18-8-15-25(26-17-18)23-10-9-19(2)24(16-23)22-13-11-21(12-14-22)20-6-4-3-5-7-20;1-2-6-18(7-3-1)19-9-11-20(12-10-19)21-13-15-22(16-14-21)23-8-4-5-17-24-23;1-14-9-10-18(15(2)11-14)19-12-20(21-13-16(19)3)17-7-5-4-6-8-17;/h3-9,11-17H,1-2H3;1-15,17H;4-7,9-13H,1-3H3;/q3*-1;+3. The van der Waals surface area contributed by atoms with Crippen molar-refractivity contribution in [2.24, 2.45) is 0 Å². The van der Waals surface area contributed by atoms with Gasteiger partial charge in [-0.2, -0.15) is 0 Å². The summed E-state index contributed by atoms with van der Waals surface area (Å²) in [5, 5.41) is 0. The summed E-state index contributed by atoms with van der Waals surface area (Å²) in [5.41, 5.74) is 24.4. The van der Waals surface area contributed by atoms with E-state index in [4.69, 9.17) is 0 Å². The van der Waals surface area contributed by atoms with E-state index in [0.29, 0.717) is 0 Å². The van der Waals surface area contributed by atoms with Crippen LogP contribution in [0.5, 0.6) is 0 Å². The van der Waals surface area contributed by atoms with Crippen LogP contribution in [0.1, 0.15) is 27.8 Å². The molecular weight excluding hydrogens is 1050 g/mol. The van der Waals surface area contributed by atoms with E-state index in [-0.39, 0.29) is 20.1 Å². The Morgan fingerprint density at radius 2 is 0.861 bits per heavy atom. The molecule has 3 heterocycles. The summed E-state index contributed by atoms with van der Waals surface area (Å²) >= 11 is 0. The Morgan fingerprint density at radius 1 is 0.306 bits per heavy atom. The Labute approximate surface area is 439 Å². The van der Waals surface area contributed by atoms with Gasteiger partial charge in [-0.25, -0.2) is 0 Å². The first kappa shape index (κ1) is 50.3. The minimum absolute atomic E-state index is 0. The van der Waals surface area contributed by atoms with Crippen molar-refractivity contribution in [1.82, 2.24) is 15.0 Å². The van der Waals surface area contributed by atoms with E-state index in [0.717, 1.165) is 44.9 Å². The summed E-state index contributed by atoms with van der Waals surface area (Å²) in [5.74, 6) is 0. The Kier molecular flexibility index (Phi) is 16.8. The molecule has 3 aromatic heterocycles. The predicted octanol–water partition coefficient (Wildman–Crippen LogP) is 17.5. The van der Waals surface area contributed by atoms with Crippen molar-refractivity contribution in [3.63, 3.8) is 0 Å². The van der Waals surface area contributed by atoms with Gasteiger partial charge in [0.25, 0.3) is 0 Å². The second-order valence-corrected chi connectivity index (χ2v) is 17.7. The fraction of sp³-hybridized carbons (Fsp3) is 0.0735. The van der Waals surface area contributed by atoms with Crippen LogP contribution in [0.4, 0.5) is 0 Å². The van der Waals surface area contributed by atoms with Crippen molar-refractivity contribution in [3.8, 4) is 89.4 Å². The molecule has 11 rings (SSSR count). The van der Waals surface area contributed by atoms with E-state index in [2.05, 4.69) is 225 Å². The number of pyridine rings is 3. The van der Waals surface area contributed by atoms with Gasteiger partial charge in [-0.15, -0.1) is 95.1 Å².